The van der Waals surface area contributed by atoms with Crippen LogP contribution in [0.15, 0.2) is 42.7 Å². The molecular formula is C14H16N4OS. The van der Waals surface area contributed by atoms with Crippen LogP contribution in [0.1, 0.15) is 5.56 Å². The van der Waals surface area contributed by atoms with Crippen LogP contribution in [0.3, 0.4) is 0 Å². The molecule has 0 aliphatic carbocycles. The van der Waals surface area contributed by atoms with Gasteiger partial charge >= 0.3 is 0 Å². The second-order valence-electron chi connectivity index (χ2n) is 4.54. The molecule has 6 heteroatoms. The Balaban J connectivity index is 2.08. The first-order chi connectivity index (χ1) is 9.56. The SMILES string of the molecule is Cn1cc(NC(=O)C(Cc2ccccc2)C(N)=S)cn1. The molecule has 0 aliphatic rings. The van der Waals surface area contributed by atoms with Gasteiger partial charge in [0.05, 0.1) is 22.8 Å². The molecule has 0 saturated carbocycles. The number of carbonyl (C=O) groups is 1. The summed E-state index contributed by atoms with van der Waals surface area (Å²) in [4.78, 5) is 12.4. The average Bonchev–Trinajstić information content (AvgIpc) is 2.82. The molecule has 1 aromatic carbocycles. The Morgan fingerprint density at radius 3 is 2.70 bits per heavy atom. The number of hydrogen-bond donors (Lipinski definition) is 2. The number of thiocarbonyl (C=S) groups is 1. The van der Waals surface area contributed by atoms with Crippen molar-refractivity contribution >= 4 is 28.8 Å². The van der Waals surface area contributed by atoms with Crippen LogP contribution in [0.2, 0.25) is 0 Å². The third kappa shape index (κ3) is 3.64. The first-order valence-corrected chi connectivity index (χ1v) is 6.60. The maximum atomic E-state index is 12.3. The molecule has 3 N–H and O–H groups in total. The Kier molecular flexibility index (Phi) is 4.47. The summed E-state index contributed by atoms with van der Waals surface area (Å²) in [5.74, 6) is -0.748. The molecule has 1 atom stereocenters. The third-order valence-corrected chi connectivity index (χ3v) is 3.20. The van der Waals surface area contributed by atoms with Gasteiger partial charge in [0.1, 0.15) is 0 Å². The van der Waals surface area contributed by atoms with Crippen molar-refractivity contribution in [2.45, 2.75) is 6.42 Å². The minimum Gasteiger partial charge on any atom is -0.393 e. The van der Waals surface area contributed by atoms with E-state index in [1.807, 2.05) is 30.3 Å². The van der Waals surface area contributed by atoms with E-state index in [4.69, 9.17) is 18.0 Å². The summed E-state index contributed by atoms with van der Waals surface area (Å²) >= 11 is 5.01. The zero-order valence-electron chi connectivity index (χ0n) is 11.1. The van der Waals surface area contributed by atoms with Crippen molar-refractivity contribution in [1.29, 1.82) is 0 Å². The normalized spacial score (nSPS) is 11.8. The van der Waals surface area contributed by atoms with Crippen LogP contribution >= 0.6 is 12.2 Å². The third-order valence-electron chi connectivity index (χ3n) is 2.91. The molecular weight excluding hydrogens is 272 g/mol. The number of aromatic nitrogens is 2. The van der Waals surface area contributed by atoms with Crippen molar-refractivity contribution in [3.8, 4) is 0 Å². The average molecular weight is 288 g/mol. The van der Waals surface area contributed by atoms with Crippen LogP contribution in [0.25, 0.3) is 0 Å². The molecule has 0 spiro atoms. The predicted octanol–water partition coefficient (Wildman–Crippen LogP) is 1.50. The van der Waals surface area contributed by atoms with Gasteiger partial charge in [-0.3, -0.25) is 9.48 Å². The van der Waals surface area contributed by atoms with Crippen LogP contribution in [-0.4, -0.2) is 20.7 Å². The van der Waals surface area contributed by atoms with Gasteiger partial charge in [-0.15, -0.1) is 0 Å². The summed E-state index contributed by atoms with van der Waals surface area (Å²) < 4.78 is 1.61. The van der Waals surface area contributed by atoms with Gasteiger partial charge < -0.3 is 11.1 Å². The molecule has 1 unspecified atom stereocenters. The van der Waals surface area contributed by atoms with Gasteiger partial charge in [0.15, 0.2) is 0 Å². The zero-order chi connectivity index (χ0) is 14.5. The highest BCUT2D eigenvalue weighted by molar-refractivity contribution is 7.80. The van der Waals surface area contributed by atoms with E-state index < -0.39 is 5.92 Å². The van der Waals surface area contributed by atoms with Crippen molar-refractivity contribution in [2.24, 2.45) is 18.7 Å². The summed E-state index contributed by atoms with van der Waals surface area (Å²) in [6.45, 7) is 0. The van der Waals surface area contributed by atoms with Crippen molar-refractivity contribution < 1.29 is 4.79 Å². The van der Waals surface area contributed by atoms with E-state index in [0.717, 1.165) is 5.56 Å². The molecule has 1 aromatic heterocycles. The molecule has 0 radical (unpaired) electrons. The summed E-state index contributed by atoms with van der Waals surface area (Å²) in [6, 6.07) is 9.66. The Morgan fingerprint density at radius 2 is 2.15 bits per heavy atom. The van der Waals surface area contributed by atoms with E-state index in [1.54, 1.807) is 24.1 Å². The highest BCUT2D eigenvalue weighted by Crippen LogP contribution is 2.13. The number of anilines is 1. The standard InChI is InChI=1S/C14H16N4OS/c1-18-9-11(8-16-18)17-14(19)12(13(15)20)7-10-5-3-2-4-6-10/h2-6,8-9,12H,7H2,1H3,(H2,15,20)(H,17,19). The van der Waals surface area contributed by atoms with Crippen LogP contribution in [0.4, 0.5) is 5.69 Å². The number of aryl methyl sites for hydroxylation is 1. The van der Waals surface area contributed by atoms with E-state index in [9.17, 15) is 4.79 Å². The van der Waals surface area contributed by atoms with E-state index >= 15 is 0 Å². The molecule has 20 heavy (non-hydrogen) atoms. The predicted molar refractivity (Wildman–Crippen MR) is 82.3 cm³/mol. The molecule has 0 saturated heterocycles. The molecule has 1 heterocycles. The van der Waals surface area contributed by atoms with Gasteiger partial charge in [-0.25, -0.2) is 0 Å². The molecule has 1 amide bonds. The summed E-state index contributed by atoms with van der Waals surface area (Å²) in [5.41, 5.74) is 7.35. The maximum Gasteiger partial charge on any atom is 0.234 e. The fourth-order valence-corrected chi connectivity index (χ4v) is 2.08. The maximum absolute atomic E-state index is 12.3. The smallest absolute Gasteiger partial charge is 0.234 e. The number of carbonyl (C=O) groups excluding carboxylic acids is 1. The Morgan fingerprint density at radius 1 is 1.45 bits per heavy atom. The van der Waals surface area contributed by atoms with Gasteiger partial charge in [-0.05, 0) is 12.0 Å². The number of nitrogens with one attached hydrogen (secondary N) is 1. The van der Waals surface area contributed by atoms with Gasteiger partial charge in [-0.2, -0.15) is 5.10 Å². The van der Waals surface area contributed by atoms with Crippen molar-refractivity contribution in [3.05, 3.63) is 48.3 Å². The topological polar surface area (TPSA) is 72.9 Å². The fourth-order valence-electron chi connectivity index (χ4n) is 1.89. The minimum atomic E-state index is -0.535. The second kappa shape index (κ2) is 6.29. The first-order valence-electron chi connectivity index (χ1n) is 6.19. The molecule has 0 fully saturated rings. The van der Waals surface area contributed by atoms with Crippen LogP contribution in [0.5, 0.6) is 0 Å². The fraction of sp³-hybridized carbons (Fsp3) is 0.214. The lowest BCUT2D eigenvalue weighted by molar-refractivity contribution is -0.118. The monoisotopic (exact) mass is 288 g/mol. The van der Waals surface area contributed by atoms with E-state index in [1.165, 1.54) is 0 Å². The van der Waals surface area contributed by atoms with Crippen molar-refractivity contribution in [1.82, 2.24) is 9.78 Å². The lowest BCUT2D eigenvalue weighted by Gasteiger charge is -2.14. The minimum absolute atomic E-state index is 0.190. The quantitative estimate of drug-likeness (QED) is 0.818. The van der Waals surface area contributed by atoms with E-state index in [0.29, 0.717) is 12.1 Å². The first kappa shape index (κ1) is 14.2. The lowest BCUT2D eigenvalue weighted by Crippen LogP contribution is -2.34. The number of rotatable bonds is 5. The Hall–Kier alpha value is -2.21. The van der Waals surface area contributed by atoms with Gasteiger partial charge in [-0.1, -0.05) is 42.5 Å². The number of amides is 1. The molecule has 2 aromatic rings. The molecule has 0 bridgehead atoms. The Bertz CT molecular complexity index is 609. The summed E-state index contributed by atoms with van der Waals surface area (Å²) in [7, 11) is 1.78. The Labute approximate surface area is 122 Å². The number of benzene rings is 1. The number of hydrogen-bond acceptors (Lipinski definition) is 3. The lowest BCUT2D eigenvalue weighted by atomic mass is 9.98. The van der Waals surface area contributed by atoms with Crippen LogP contribution in [-0.2, 0) is 18.3 Å². The molecule has 0 aliphatic heterocycles. The second-order valence-corrected chi connectivity index (χ2v) is 5.01. The molecule has 5 nitrogen and oxygen atoms in total. The van der Waals surface area contributed by atoms with Crippen LogP contribution in [0, 0.1) is 5.92 Å². The van der Waals surface area contributed by atoms with Crippen LogP contribution < -0.4 is 11.1 Å². The van der Waals surface area contributed by atoms with Gasteiger partial charge in [0, 0.05) is 13.2 Å². The van der Waals surface area contributed by atoms with E-state index in [2.05, 4.69) is 10.4 Å². The van der Waals surface area contributed by atoms with Gasteiger partial charge in [0.25, 0.3) is 0 Å². The molecule has 104 valence electrons. The van der Waals surface area contributed by atoms with Gasteiger partial charge in [0.2, 0.25) is 5.91 Å². The largest absolute Gasteiger partial charge is 0.393 e. The highest BCUT2D eigenvalue weighted by Gasteiger charge is 2.22. The van der Waals surface area contributed by atoms with Crippen molar-refractivity contribution in [2.75, 3.05) is 5.32 Å². The van der Waals surface area contributed by atoms with E-state index in [-0.39, 0.29) is 10.9 Å². The zero-order valence-corrected chi connectivity index (χ0v) is 11.9. The summed E-state index contributed by atoms with van der Waals surface area (Å²) in [5, 5.41) is 6.77. The highest BCUT2D eigenvalue weighted by atomic mass is 32.1. The number of nitrogens with zero attached hydrogens (tertiary/aromatic N) is 2. The van der Waals surface area contributed by atoms with Crippen molar-refractivity contribution in [3.63, 3.8) is 0 Å². The summed E-state index contributed by atoms with van der Waals surface area (Å²) in [6.07, 6.45) is 3.79. The number of nitrogens with two attached hydrogens (primary N) is 1. The molecule has 2 rings (SSSR count).